The maximum Gasteiger partial charge on any atom is 0.269 e. The SMILES string of the molecule is CO[C@@H]1[C@H]([S@](=O)/N=C/c2ccc([N+](=O)[O-])cc2)[C@H]2CC[C@]1(C)C2(C)C. The standard InChI is InChI=1S/C18H24N2O4S/c1-17(2)14-9-10-18(17,3)16(24-4)15(14)25(23)19-11-12-5-7-13(8-6-12)20(21)22/h5-8,11,14-16H,9-10H2,1-4H3/b19-11+/t14-,15-,16-,18+,25+/m1/s1. The summed E-state index contributed by atoms with van der Waals surface area (Å²) in [6, 6.07) is 6.06. The van der Waals surface area contributed by atoms with E-state index in [2.05, 4.69) is 25.2 Å². The van der Waals surface area contributed by atoms with Gasteiger partial charge in [0.15, 0.2) is 0 Å². The molecule has 2 fully saturated rings. The van der Waals surface area contributed by atoms with Gasteiger partial charge in [0.1, 0.15) is 11.0 Å². The molecule has 2 bridgehead atoms. The van der Waals surface area contributed by atoms with Crippen molar-refractivity contribution in [1.29, 1.82) is 0 Å². The molecular formula is C18H24N2O4S. The van der Waals surface area contributed by atoms with Crippen LogP contribution in [0.3, 0.4) is 0 Å². The van der Waals surface area contributed by atoms with Crippen LogP contribution in [0.15, 0.2) is 28.7 Å². The average Bonchev–Trinajstić information content (AvgIpc) is 2.91. The van der Waals surface area contributed by atoms with Gasteiger partial charge in [-0.25, -0.2) is 4.21 Å². The van der Waals surface area contributed by atoms with Crippen molar-refractivity contribution in [2.24, 2.45) is 21.1 Å². The van der Waals surface area contributed by atoms with Crippen molar-refractivity contribution >= 4 is 22.9 Å². The Bertz CT molecular complexity index is 731. The highest BCUT2D eigenvalue weighted by atomic mass is 32.2. The lowest BCUT2D eigenvalue weighted by atomic mass is 9.70. The van der Waals surface area contributed by atoms with E-state index >= 15 is 0 Å². The molecule has 0 aromatic heterocycles. The van der Waals surface area contributed by atoms with Crippen LogP contribution in [0.2, 0.25) is 0 Å². The van der Waals surface area contributed by atoms with E-state index in [4.69, 9.17) is 4.74 Å². The Kier molecular flexibility index (Phi) is 4.58. The number of ether oxygens (including phenoxy) is 1. The van der Waals surface area contributed by atoms with E-state index in [1.807, 2.05) is 0 Å². The summed E-state index contributed by atoms with van der Waals surface area (Å²) in [4.78, 5) is 10.3. The smallest absolute Gasteiger partial charge is 0.269 e. The van der Waals surface area contributed by atoms with Crippen molar-refractivity contribution in [3.8, 4) is 0 Å². The van der Waals surface area contributed by atoms with Gasteiger partial charge in [0, 0.05) is 30.9 Å². The zero-order valence-corrected chi connectivity index (χ0v) is 15.8. The lowest BCUT2D eigenvalue weighted by Gasteiger charge is -2.38. The average molecular weight is 364 g/mol. The summed E-state index contributed by atoms with van der Waals surface area (Å²) in [5.74, 6) is 0.317. The van der Waals surface area contributed by atoms with Crippen molar-refractivity contribution < 1.29 is 13.9 Å². The molecule has 6 nitrogen and oxygen atoms in total. The van der Waals surface area contributed by atoms with Gasteiger partial charge in [0.05, 0.1) is 16.3 Å². The Labute approximate surface area is 150 Å². The quantitative estimate of drug-likeness (QED) is 0.455. The fraction of sp³-hybridized carbons (Fsp3) is 0.611. The largest absolute Gasteiger partial charge is 0.380 e. The van der Waals surface area contributed by atoms with E-state index in [-0.39, 0.29) is 27.9 Å². The number of non-ortho nitro benzene ring substituents is 1. The van der Waals surface area contributed by atoms with Crippen LogP contribution in [0.5, 0.6) is 0 Å². The van der Waals surface area contributed by atoms with E-state index in [1.165, 1.54) is 18.3 Å². The molecule has 0 amide bonds. The van der Waals surface area contributed by atoms with Gasteiger partial charge in [-0.1, -0.05) is 20.8 Å². The summed E-state index contributed by atoms with van der Waals surface area (Å²) >= 11 is 0. The molecule has 3 rings (SSSR count). The maximum atomic E-state index is 12.9. The van der Waals surface area contributed by atoms with Gasteiger partial charge in [0.25, 0.3) is 5.69 Å². The minimum Gasteiger partial charge on any atom is -0.380 e. The van der Waals surface area contributed by atoms with Gasteiger partial charge >= 0.3 is 0 Å². The summed E-state index contributed by atoms with van der Waals surface area (Å²) in [6.45, 7) is 6.72. The number of nitrogens with zero attached hydrogens (tertiary/aromatic N) is 2. The summed E-state index contributed by atoms with van der Waals surface area (Å²) < 4.78 is 22.9. The van der Waals surface area contributed by atoms with Crippen molar-refractivity contribution in [3.05, 3.63) is 39.9 Å². The first-order valence-corrected chi connectivity index (χ1v) is 9.61. The number of nitro groups is 1. The van der Waals surface area contributed by atoms with Crippen LogP contribution in [-0.4, -0.2) is 33.8 Å². The lowest BCUT2D eigenvalue weighted by molar-refractivity contribution is -0.384. The molecular weight excluding hydrogens is 340 g/mol. The normalized spacial score (nSPS) is 34.5. The molecule has 0 radical (unpaired) electrons. The molecule has 1 aromatic carbocycles. The van der Waals surface area contributed by atoms with E-state index < -0.39 is 15.9 Å². The fourth-order valence-corrected chi connectivity index (χ4v) is 6.47. The van der Waals surface area contributed by atoms with Crippen LogP contribution in [0.1, 0.15) is 39.2 Å². The first-order chi connectivity index (χ1) is 11.7. The van der Waals surface area contributed by atoms with Gasteiger partial charge in [-0.2, -0.15) is 4.40 Å². The minimum atomic E-state index is -1.40. The zero-order valence-electron chi connectivity index (χ0n) is 15.0. The Morgan fingerprint density at radius 1 is 1.32 bits per heavy atom. The van der Waals surface area contributed by atoms with Crippen molar-refractivity contribution in [1.82, 2.24) is 0 Å². The number of fused-ring (bicyclic) bond motifs is 2. The highest BCUT2D eigenvalue weighted by Gasteiger charge is 2.68. The predicted molar refractivity (Wildman–Crippen MR) is 98.0 cm³/mol. The van der Waals surface area contributed by atoms with Gasteiger partial charge < -0.3 is 4.74 Å². The van der Waals surface area contributed by atoms with E-state index in [0.717, 1.165) is 12.8 Å². The second-order valence-corrected chi connectivity index (χ2v) is 9.07. The predicted octanol–water partition coefficient (Wildman–Crippen LogP) is 3.52. The van der Waals surface area contributed by atoms with Gasteiger partial charge in [-0.15, -0.1) is 0 Å². The van der Waals surface area contributed by atoms with Crippen LogP contribution in [0.4, 0.5) is 5.69 Å². The second kappa shape index (κ2) is 6.29. The van der Waals surface area contributed by atoms with Crippen LogP contribution < -0.4 is 0 Å². The molecule has 136 valence electrons. The molecule has 7 heteroatoms. The lowest BCUT2D eigenvalue weighted by Crippen LogP contribution is -2.42. The second-order valence-electron chi connectivity index (χ2n) is 7.76. The summed E-state index contributed by atoms with van der Waals surface area (Å²) in [5, 5.41) is 10.6. The molecule has 1 aromatic rings. The molecule has 0 N–H and O–H groups in total. The Balaban J connectivity index is 1.80. The topological polar surface area (TPSA) is 81.8 Å². The Morgan fingerprint density at radius 2 is 1.96 bits per heavy atom. The van der Waals surface area contributed by atoms with E-state index in [0.29, 0.717) is 11.5 Å². The summed E-state index contributed by atoms with van der Waals surface area (Å²) in [6.07, 6.45) is 3.60. The number of methoxy groups -OCH3 is 1. The van der Waals surface area contributed by atoms with Crippen LogP contribution in [0, 0.1) is 26.9 Å². The number of benzene rings is 1. The fourth-order valence-electron chi connectivity index (χ4n) is 4.72. The molecule has 0 unspecified atom stereocenters. The third kappa shape index (κ3) is 2.73. The highest BCUT2D eigenvalue weighted by molar-refractivity contribution is 7.84. The Hall–Kier alpha value is -1.60. The first kappa shape index (κ1) is 18.2. The van der Waals surface area contributed by atoms with Crippen LogP contribution >= 0.6 is 0 Å². The molecule has 2 aliphatic rings. The molecule has 0 heterocycles. The first-order valence-electron chi connectivity index (χ1n) is 8.44. The monoisotopic (exact) mass is 364 g/mol. The van der Waals surface area contributed by atoms with E-state index in [9.17, 15) is 14.3 Å². The number of hydrogen-bond acceptors (Lipinski definition) is 4. The van der Waals surface area contributed by atoms with Crippen LogP contribution in [0.25, 0.3) is 0 Å². The molecule has 0 aliphatic heterocycles. The Morgan fingerprint density at radius 3 is 2.52 bits per heavy atom. The molecule has 2 saturated carbocycles. The number of hydrogen-bond donors (Lipinski definition) is 0. The van der Waals surface area contributed by atoms with Gasteiger partial charge in [0.2, 0.25) is 0 Å². The third-order valence-corrected chi connectivity index (χ3v) is 7.95. The number of rotatable bonds is 5. The highest BCUT2D eigenvalue weighted by Crippen LogP contribution is 2.67. The zero-order chi connectivity index (χ0) is 18.4. The third-order valence-electron chi connectivity index (χ3n) is 6.59. The van der Waals surface area contributed by atoms with Gasteiger partial charge in [-0.05, 0) is 41.9 Å². The van der Waals surface area contributed by atoms with Crippen molar-refractivity contribution in [3.63, 3.8) is 0 Å². The van der Waals surface area contributed by atoms with Crippen molar-refractivity contribution in [2.45, 2.75) is 45.0 Å². The maximum absolute atomic E-state index is 12.9. The van der Waals surface area contributed by atoms with Gasteiger partial charge in [-0.3, -0.25) is 10.1 Å². The van der Waals surface area contributed by atoms with Crippen molar-refractivity contribution in [2.75, 3.05) is 7.11 Å². The molecule has 2 aliphatic carbocycles. The molecule has 5 atom stereocenters. The van der Waals surface area contributed by atoms with Crippen LogP contribution in [-0.2, 0) is 15.7 Å². The molecule has 0 saturated heterocycles. The molecule has 25 heavy (non-hydrogen) atoms. The summed E-state index contributed by atoms with van der Waals surface area (Å²) in [7, 11) is 0.290. The molecule has 0 spiro atoms. The van der Waals surface area contributed by atoms with E-state index in [1.54, 1.807) is 19.2 Å². The minimum absolute atomic E-state index is 0.00955. The summed E-state index contributed by atoms with van der Waals surface area (Å²) in [5.41, 5.74) is 0.800. The number of nitro benzene ring substituents is 1.